The molecule has 1 atom stereocenters. The third-order valence-corrected chi connectivity index (χ3v) is 5.12. The minimum Gasteiger partial charge on any atom is -0.497 e. The average molecular weight is 379 g/mol. The van der Waals surface area contributed by atoms with Crippen molar-refractivity contribution in [1.82, 2.24) is 5.32 Å². The maximum Gasteiger partial charge on any atom is 0.175 e. The first-order valence-corrected chi connectivity index (χ1v) is 10.1. The molecule has 7 heteroatoms. The number of nitrogens with one attached hydrogen (secondary N) is 2. The van der Waals surface area contributed by atoms with E-state index in [9.17, 15) is 8.42 Å². The smallest absolute Gasteiger partial charge is 0.175 e. The van der Waals surface area contributed by atoms with Crippen LogP contribution < -0.4 is 15.4 Å². The summed E-state index contributed by atoms with van der Waals surface area (Å²) in [6.45, 7) is 2.04. The maximum absolute atomic E-state index is 11.6. The Kier molecular flexibility index (Phi) is 6.39. The minimum atomic E-state index is -3.19. The van der Waals surface area contributed by atoms with Crippen molar-refractivity contribution in [2.45, 2.75) is 24.3 Å². The lowest BCUT2D eigenvalue weighted by Gasteiger charge is -2.20. The Morgan fingerprint density at radius 3 is 2.20 bits per heavy atom. The van der Waals surface area contributed by atoms with Crippen LogP contribution in [0.3, 0.4) is 0 Å². The maximum atomic E-state index is 11.6. The molecule has 0 amide bonds. The molecule has 0 saturated heterocycles. The van der Waals surface area contributed by atoms with Crippen molar-refractivity contribution in [1.29, 1.82) is 0 Å². The molecule has 2 rings (SSSR count). The van der Waals surface area contributed by atoms with Crippen molar-refractivity contribution in [3.05, 3.63) is 54.1 Å². The van der Waals surface area contributed by atoms with Crippen LogP contribution >= 0.6 is 12.2 Å². The Balaban J connectivity index is 2.03. The van der Waals surface area contributed by atoms with Gasteiger partial charge in [0.1, 0.15) is 5.75 Å². The highest BCUT2D eigenvalue weighted by Crippen LogP contribution is 2.20. The SMILES string of the molecule is CC[C@H](NC(=S)Nc1ccc(OC)cc1)c1ccc(S(C)(=O)=O)cc1. The Morgan fingerprint density at radius 1 is 1.12 bits per heavy atom. The number of benzene rings is 2. The van der Waals surface area contributed by atoms with Crippen LogP contribution in [0.1, 0.15) is 24.9 Å². The summed E-state index contributed by atoms with van der Waals surface area (Å²) in [5.74, 6) is 0.779. The summed E-state index contributed by atoms with van der Waals surface area (Å²) in [4.78, 5) is 0.310. The molecule has 2 aromatic carbocycles. The fourth-order valence-corrected chi connectivity index (χ4v) is 3.26. The predicted molar refractivity (Wildman–Crippen MR) is 105 cm³/mol. The number of hydrogen-bond donors (Lipinski definition) is 2. The van der Waals surface area contributed by atoms with Crippen molar-refractivity contribution < 1.29 is 13.2 Å². The first kappa shape index (κ1) is 19.2. The van der Waals surface area contributed by atoms with Crippen molar-refractivity contribution in [2.75, 3.05) is 18.7 Å². The van der Waals surface area contributed by atoms with Gasteiger partial charge in [0.15, 0.2) is 14.9 Å². The zero-order valence-electron chi connectivity index (χ0n) is 14.4. The standard InChI is InChI=1S/C18H22N2O3S2/c1-4-17(13-5-11-16(12-6-13)25(3,21)22)20-18(24)19-14-7-9-15(23-2)10-8-14/h5-12,17H,4H2,1-3H3,(H2,19,20,24)/t17-/m0/s1. The lowest BCUT2D eigenvalue weighted by molar-refractivity contribution is 0.415. The van der Waals surface area contributed by atoms with Crippen molar-refractivity contribution in [3.63, 3.8) is 0 Å². The lowest BCUT2D eigenvalue weighted by Crippen LogP contribution is -2.32. The fraction of sp³-hybridized carbons (Fsp3) is 0.278. The van der Waals surface area contributed by atoms with E-state index in [1.807, 2.05) is 43.3 Å². The van der Waals surface area contributed by atoms with Crippen LogP contribution in [-0.4, -0.2) is 26.9 Å². The average Bonchev–Trinajstić information content (AvgIpc) is 2.59. The molecule has 0 bridgehead atoms. The normalized spacial score (nSPS) is 12.3. The molecule has 0 spiro atoms. The summed E-state index contributed by atoms with van der Waals surface area (Å²) >= 11 is 5.38. The van der Waals surface area contributed by atoms with Gasteiger partial charge in [-0.1, -0.05) is 19.1 Å². The molecule has 0 radical (unpaired) electrons. The predicted octanol–water partition coefficient (Wildman–Crippen LogP) is 3.54. The summed E-state index contributed by atoms with van der Waals surface area (Å²) in [6, 6.07) is 14.3. The summed E-state index contributed by atoms with van der Waals surface area (Å²) in [6.07, 6.45) is 2.01. The van der Waals surface area contributed by atoms with Gasteiger partial charge < -0.3 is 15.4 Å². The van der Waals surface area contributed by atoms with Gasteiger partial charge in [-0.3, -0.25) is 0 Å². The molecule has 134 valence electrons. The van der Waals surface area contributed by atoms with Gasteiger partial charge in [0, 0.05) is 11.9 Å². The molecule has 0 saturated carbocycles. The van der Waals surface area contributed by atoms with Crippen LogP contribution in [0.25, 0.3) is 0 Å². The number of rotatable bonds is 6. The highest BCUT2D eigenvalue weighted by molar-refractivity contribution is 7.90. The Morgan fingerprint density at radius 2 is 1.72 bits per heavy atom. The number of sulfone groups is 1. The molecular formula is C18H22N2O3S2. The van der Waals surface area contributed by atoms with Gasteiger partial charge in [-0.25, -0.2) is 8.42 Å². The molecule has 0 fully saturated rings. The zero-order chi connectivity index (χ0) is 18.4. The topological polar surface area (TPSA) is 67.4 Å². The second kappa shape index (κ2) is 8.31. The van der Waals surface area contributed by atoms with E-state index in [1.54, 1.807) is 19.2 Å². The molecule has 2 N–H and O–H groups in total. The van der Waals surface area contributed by atoms with Crippen LogP contribution in [0.2, 0.25) is 0 Å². The Hall–Kier alpha value is -2.12. The van der Waals surface area contributed by atoms with Gasteiger partial charge >= 0.3 is 0 Å². The van der Waals surface area contributed by atoms with Gasteiger partial charge in [-0.05, 0) is 60.6 Å². The van der Waals surface area contributed by atoms with E-state index < -0.39 is 9.84 Å². The van der Waals surface area contributed by atoms with Crippen molar-refractivity contribution >= 4 is 32.9 Å². The minimum absolute atomic E-state index is 0.00754. The van der Waals surface area contributed by atoms with Gasteiger partial charge in [0.25, 0.3) is 0 Å². The van der Waals surface area contributed by atoms with Crippen molar-refractivity contribution in [3.8, 4) is 5.75 Å². The summed E-state index contributed by atoms with van der Waals surface area (Å²) in [5.41, 5.74) is 1.84. The Labute approximate surface area is 154 Å². The zero-order valence-corrected chi connectivity index (χ0v) is 16.1. The summed E-state index contributed by atoms with van der Waals surface area (Å²) in [7, 11) is -1.57. The van der Waals surface area contributed by atoms with Crippen LogP contribution in [0.4, 0.5) is 5.69 Å². The van der Waals surface area contributed by atoms with Crippen LogP contribution in [0, 0.1) is 0 Å². The van der Waals surface area contributed by atoms with Gasteiger partial charge in [-0.15, -0.1) is 0 Å². The van der Waals surface area contributed by atoms with Crippen LogP contribution in [0.15, 0.2) is 53.4 Å². The number of thiocarbonyl (C=S) groups is 1. The van der Waals surface area contributed by atoms with E-state index >= 15 is 0 Å². The number of ether oxygens (including phenoxy) is 1. The molecular weight excluding hydrogens is 356 g/mol. The third kappa shape index (κ3) is 5.44. The summed E-state index contributed by atoms with van der Waals surface area (Å²) in [5, 5.41) is 6.89. The lowest BCUT2D eigenvalue weighted by atomic mass is 10.1. The second-order valence-corrected chi connectivity index (χ2v) is 8.05. The second-order valence-electron chi connectivity index (χ2n) is 5.63. The quantitative estimate of drug-likeness (QED) is 0.750. The molecule has 2 aromatic rings. The number of methoxy groups -OCH3 is 1. The third-order valence-electron chi connectivity index (χ3n) is 3.77. The van der Waals surface area contributed by atoms with Crippen molar-refractivity contribution in [2.24, 2.45) is 0 Å². The largest absolute Gasteiger partial charge is 0.497 e. The van der Waals surface area contributed by atoms with E-state index in [-0.39, 0.29) is 6.04 Å². The molecule has 0 aliphatic rings. The fourth-order valence-electron chi connectivity index (χ4n) is 2.37. The summed E-state index contributed by atoms with van der Waals surface area (Å²) < 4.78 is 28.2. The Bertz CT molecular complexity index is 816. The van der Waals surface area contributed by atoms with Gasteiger partial charge in [0.2, 0.25) is 0 Å². The van der Waals surface area contributed by atoms with Crippen LogP contribution in [0.5, 0.6) is 5.75 Å². The molecule has 5 nitrogen and oxygen atoms in total. The van der Waals surface area contributed by atoms with E-state index in [4.69, 9.17) is 17.0 Å². The van der Waals surface area contributed by atoms with E-state index in [0.717, 1.165) is 23.4 Å². The highest BCUT2D eigenvalue weighted by Gasteiger charge is 2.13. The molecule has 0 aliphatic carbocycles. The van der Waals surface area contributed by atoms with Gasteiger partial charge in [-0.2, -0.15) is 0 Å². The molecule has 25 heavy (non-hydrogen) atoms. The first-order valence-electron chi connectivity index (χ1n) is 7.85. The molecule has 0 aromatic heterocycles. The first-order chi connectivity index (χ1) is 11.8. The number of hydrogen-bond acceptors (Lipinski definition) is 4. The molecule has 0 unspecified atom stereocenters. The van der Waals surface area contributed by atoms with E-state index in [2.05, 4.69) is 10.6 Å². The van der Waals surface area contributed by atoms with E-state index in [1.165, 1.54) is 6.26 Å². The highest BCUT2D eigenvalue weighted by atomic mass is 32.2. The number of anilines is 1. The monoisotopic (exact) mass is 378 g/mol. The van der Waals surface area contributed by atoms with Crippen LogP contribution in [-0.2, 0) is 9.84 Å². The molecule has 0 heterocycles. The van der Waals surface area contributed by atoms with Gasteiger partial charge in [0.05, 0.1) is 18.0 Å². The molecule has 0 aliphatic heterocycles. The van der Waals surface area contributed by atoms with E-state index in [0.29, 0.717) is 10.0 Å².